The van der Waals surface area contributed by atoms with Crippen LogP contribution < -0.4 is 10.1 Å². The minimum absolute atomic E-state index is 0.225. The predicted octanol–water partition coefficient (Wildman–Crippen LogP) is 2.32. The highest BCUT2D eigenvalue weighted by Gasteiger charge is 2.08. The van der Waals surface area contributed by atoms with Crippen molar-refractivity contribution in [1.82, 2.24) is 4.98 Å². The molecule has 1 heterocycles. The number of nitrogens with zero attached hydrogens (tertiary/aromatic N) is 1. The molecule has 1 aromatic carbocycles. The summed E-state index contributed by atoms with van der Waals surface area (Å²) >= 11 is 0. The van der Waals surface area contributed by atoms with Gasteiger partial charge in [0.05, 0.1) is 23.0 Å². The zero-order valence-electron chi connectivity index (χ0n) is 10.6. The van der Waals surface area contributed by atoms with Crippen molar-refractivity contribution in [3.05, 3.63) is 42.7 Å². The third-order valence-electron chi connectivity index (χ3n) is 2.47. The normalized spacial score (nSPS) is 11.1. The molecule has 2 rings (SSSR count). The number of ether oxygens (including phenoxy) is 1. The van der Waals surface area contributed by atoms with Gasteiger partial charge in [0.1, 0.15) is 11.5 Å². The fourth-order valence-electron chi connectivity index (χ4n) is 1.52. The van der Waals surface area contributed by atoms with Crippen molar-refractivity contribution in [3.8, 4) is 11.5 Å². The van der Waals surface area contributed by atoms with Gasteiger partial charge in [0, 0.05) is 19.4 Å². The van der Waals surface area contributed by atoms with E-state index in [1.807, 2.05) is 0 Å². The highest BCUT2D eigenvalue weighted by molar-refractivity contribution is 7.90. The molecule has 0 aliphatic carbocycles. The minimum atomic E-state index is -3.24. The summed E-state index contributed by atoms with van der Waals surface area (Å²) in [5, 5.41) is 2.95. The lowest BCUT2D eigenvalue weighted by Crippen LogP contribution is -1.97. The monoisotopic (exact) mass is 278 g/mol. The first-order chi connectivity index (χ1) is 8.99. The standard InChI is InChI=1S/C13H14N2O3S/c1-14-10-6-12(9-15-8-10)18-11-4-3-5-13(7-11)19(2,16)17/h3-9,14H,1-2H3. The van der Waals surface area contributed by atoms with Gasteiger partial charge in [-0.2, -0.15) is 0 Å². The molecule has 0 aliphatic heterocycles. The van der Waals surface area contributed by atoms with E-state index in [1.165, 1.54) is 12.1 Å². The average molecular weight is 278 g/mol. The molecule has 19 heavy (non-hydrogen) atoms. The number of anilines is 1. The van der Waals surface area contributed by atoms with E-state index in [0.717, 1.165) is 11.9 Å². The van der Waals surface area contributed by atoms with Gasteiger partial charge in [-0.3, -0.25) is 4.98 Å². The quantitative estimate of drug-likeness (QED) is 0.929. The second kappa shape index (κ2) is 5.27. The van der Waals surface area contributed by atoms with Crippen molar-refractivity contribution in [2.75, 3.05) is 18.6 Å². The average Bonchev–Trinajstić information content (AvgIpc) is 2.38. The van der Waals surface area contributed by atoms with Crippen LogP contribution in [-0.4, -0.2) is 26.7 Å². The number of nitrogens with one attached hydrogen (secondary N) is 1. The smallest absolute Gasteiger partial charge is 0.175 e. The molecular weight excluding hydrogens is 264 g/mol. The van der Waals surface area contributed by atoms with Crippen LogP contribution in [0.5, 0.6) is 11.5 Å². The van der Waals surface area contributed by atoms with Crippen molar-refractivity contribution < 1.29 is 13.2 Å². The second-order valence-electron chi connectivity index (χ2n) is 4.01. The van der Waals surface area contributed by atoms with Gasteiger partial charge in [0.25, 0.3) is 0 Å². The number of hydrogen-bond acceptors (Lipinski definition) is 5. The number of pyridine rings is 1. The summed E-state index contributed by atoms with van der Waals surface area (Å²) in [5.74, 6) is 0.996. The lowest BCUT2D eigenvalue weighted by molar-refractivity contribution is 0.478. The fraction of sp³-hybridized carbons (Fsp3) is 0.154. The van der Waals surface area contributed by atoms with E-state index in [4.69, 9.17) is 4.74 Å². The largest absolute Gasteiger partial charge is 0.456 e. The first-order valence-corrected chi connectivity index (χ1v) is 7.49. The van der Waals surface area contributed by atoms with Crippen molar-refractivity contribution in [2.24, 2.45) is 0 Å². The van der Waals surface area contributed by atoms with E-state index in [9.17, 15) is 8.42 Å². The summed E-state index contributed by atoms with van der Waals surface area (Å²) in [6, 6.07) is 8.13. The van der Waals surface area contributed by atoms with E-state index >= 15 is 0 Å². The van der Waals surface area contributed by atoms with Crippen molar-refractivity contribution in [1.29, 1.82) is 0 Å². The number of rotatable bonds is 4. The second-order valence-corrected chi connectivity index (χ2v) is 6.02. The van der Waals surface area contributed by atoms with E-state index < -0.39 is 9.84 Å². The van der Waals surface area contributed by atoms with E-state index in [-0.39, 0.29) is 4.90 Å². The molecule has 0 atom stereocenters. The van der Waals surface area contributed by atoms with E-state index in [2.05, 4.69) is 10.3 Å². The number of benzene rings is 1. The third-order valence-corrected chi connectivity index (χ3v) is 3.58. The van der Waals surface area contributed by atoms with Crippen molar-refractivity contribution in [3.63, 3.8) is 0 Å². The molecule has 0 saturated heterocycles. The molecule has 0 aliphatic rings. The Balaban J connectivity index is 2.28. The van der Waals surface area contributed by atoms with Gasteiger partial charge < -0.3 is 10.1 Å². The Bertz CT molecular complexity index is 684. The van der Waals surface area contributed by atoms with Gasteiger partial charge in [0.15, 0.2) is 9.84 Å². The van der Waals surface area contributed by atoms with Gasteiger partial charge in [0.2, 0.25) is 0 Å². The number of aromatic nitrogens is 1. The molecule has 0 bridgehead atoms. The molecule has 6 heteroatoms. The van der Waals surface area contributed by atoms with Crippen LogP contribution in [0, 0.1) is 0 Å². The Kier molecular flexibility index (Phi) is 3.71. The van der Waals surface area contributed by atoms with Crippen LogP contribution in [0.4, 0.5) is 5.69 Å². The third kappa shape index (κ3) is 3.45. The van der Waals surface area contributed by atoms with Gasteiger partial charge in [-0.05, 0) is 18.2 Å². The van der Waals surface area contributed by atoms with Crippen LogP contribution in [0.25, 0.3) is 0 Å². The first-order valence-electron chi connectivity index (χ1n) is 5.60. The lowest BCUT2D eigenvalue weighted by Gasteiger charge is -2.08. The Morgan fingerprint density at radius 1 is 1.16 bits per heavy atom. The van der Waals surface area contributed by atoms with Crippen molar-refractivity contribution >= 4 is 15.5 Å². The molecule has 5 nitrogen and oxygen atoms in total. The fourth-order valence-corrected chi connectivity index (χ4v) is 2.17. The SMILES string of the molecule is CNc1cncc(Oc2cccc(S(C)(=O)=O)c2)c1. The summed E-state index contributed by atoms with van der Waals surface area (Å²) in [5.41, 5.74) is 0.816. The molecular formula is C13H14N2O3S. The van der Waals surface area contributed by atoms with Gasteiger partial charge >= 0.3 is 0 Å². The minimum Gasteiger partial charge on any atom is -0.456 e. The zero-order valence-corrected chi connectivity index (χ0v) is 11.4. The van der Waals surface area contributed by atoms with Crippen LogP contribution in [-0.2, 0) is 9.84 Å². The molecule has 0 radical (unpaired) electrons. The Morgan fingerprint density at radius 2 is 1.95 bits per heavy atom. The van der Waals surface area contributed by atoms with Crippen molar-refractivity contribution in [2.45, 2.75) is 4.90 Å². The van der Waals surface area contributed by atoms with Crippen LogP contribution in [0.2, 0.25) is 0 Å². The Hall–Kier alpha value is -2.08. The molecule has 2 aromatic rings. The maximum Gasteiger partial charge on any atom is 0.175 e. The maximum absolute atomic E-state index is 11.5. The summed E-state index contributed by atoms with van der Waals surface area (Å²) < 4.78 is 28.5. The van der Waals surface area contributed by atoms with Crippen LogP contribution in [0.3, 0.4) is 0 Å². The molecule has 0 saturated carbocycles. The molecule has 100 valence electrons. The van der Waals surface area contributed by atoms with Crippen LogP contribution in [0.15, 0.2) is 47.6 Å². The number of hydrogen-bond donors (Lipinski definition) is 1. The summed E-state index contributed by atoms with van der Waals surface area (Å²) in [6.07, 6.45) is 4.39. The summed E-state index contributed by atoms with van der Waals surface area (Å²) in [6.45, 7) is 0. The molecule has 0 spiro atoms. The van der Waals surface area contributed by atoms with Gasteiger partial charge in [-0.25, -0.2) is 8.42 Å². The topological polar surface area (TPSA) is 68.3 Å². The number of sulfone groups is 1. The summed E-state index contributed by atoms with van der Waals surface area (Å²) in [7, 11) is -1.46. The molecule has 1 N–H and O–H groups in total. The highest BCUT2D eigenvalue weighted by Crippen LogP contribution is 2.24. The van der Waals surface area contributed by atoms with Crippen LogP contribution in [0.1, 0.15) is 0 Å². The van der Waals surface area contributed by atoms with E-state index in [1.54, 1.807) is 37.6 Å². The molecule has 0 unspecified atom stereocenters. The Labute approximate surface area is 112 Å². The zero-order chi connectivity index (χ0) is 13.9. The maximum atomic E-state index is 11.5. The Morgan fingerprint density at radius 3 is 2.63 bits per heavy atom. The first kappa shape index (κ1) is 13.4. The summed E-state index contributed by atoms with van der Waals surface area (Å²) in [4.78, 5) is 4.24. The predicted molar refractivity (Wildman–Crippen MR) is 73.4 cm³/mol. The van der Waals surface area contributed by atoms with Gasteiger partial charge in [-0.1, -0.05) is 6.07 Å². The highest BCUT2D eigenvalue weighted by atomic mass is 32.2. The van der Waals surface area contributed by atoms with Crippen LogP contribution >= 0.6 is 0 Å². The van der Waals surface area contributed by atoms with E-state index in [0.29, 0.717) is 11.5 Å². The molecule has 0 amide bonds. The molecule has 0 fully saturated rings. The molecule has 1 aromatic heterocycles. The van der Waals surface area contributed by atoms with Gasteiger partial charge in [-0.15, -0.1) is 0 Å². The lowest BCUT2D eigenvalue weighted by atomic mass is 10.3.